The van der Waals surface area contributed by atoms with E-state index in [0.717, 1.165) is 83.5 Å². The molecule has 0 saturated carbocycles. The molecular weight excluding hydrogens is 859 g/mol. The van der Waals surface area contributed by atoms with E-state index in [1.54, 1.807) is 6.08 Å². The highest BCUT2D eigenvalue weighted by atomic mass is 16.7. The normalized spacial score (nSPS) is 20.3. The molecule has 0 aliphatic carbocycles. The summed E-state index contributed by atoms with van der Waals surface area (Å²) in [6.07, 6.45) is 43.0. The van der Waals surface area contributed by atoms with E-state index in [1.165, 1.54) is 109 Å². The summed E-state index contributed by atoms with van der Waals surface area (Å²) >= 11 is 0. The highest BCUT2D eigenvalue weighted by molar-refractivity contribution is 5.80. The predicted octanol–water partition coefficient (Wildman–Crippen LogP) is 12.1. The monoisotopic (exact) mass is 962 g/mol. The summed E-state index contributed by atoms with van der Waals surface area (Å²) in [6, 6.07) is -1.03. The molecule has 0 spiro atoms. The Morgan fingerprint density at radius 1 is 0.574 bits per heavy atom. The van der Waals surface area contributed by atoms with E-state index >= 15 is 0 Å². The summed E-state index contributed by atoms with van der Waals surface area (Å²) < 4.78 is 17.5. The molecule has 11 heteroatoms. The first kappa shape index (κ1) is 63.6. The van der Waals surface area contributed by atoms with E-state index in [4.69, 9.17) is 14.2 Å². The Bertz CT molecular complexity index is 1290. The number of hydrogen-bond donors (Lipinski definition) is 6. The highest BCUT2D eigenvalue weighted by Gasteiger charge is 2.47. The number of esters is 1. The molecule has 1 saturated heterocycles. The average molecular weight is 962 g/mol. The number of aliphatic hydroxyl groups is 5. The molecule has 1 aliphatic rings. The molecule has 396 valence electrons. The number of carbonyl (C=O) groups excluding carboxylic acids is 2. The smallest absolute Gasteiger partial charge is 0.306 e. The number of aliphatic hydroxyl groups excluding tert-OH is 5. The lowest BCUT2D eigenvalue weighted by Crippen LogP contribution is -2.61. The number of nitrogens with one attached hydrogen (secondary N) is 1. The van der Waals surface area contributed by atoms with Gasteiger partial charge in [-0.25, -0.2) is 0 Å². The first-order chi connectivity index (χ1) is 33.2. The number of hydrogen-bond acceptors (Lipinski definition) is 10. The van der Waals surface area contributed by atoms with Gasteiger partial charge in [-0.15, -0.1) is 0 Å². The predicted molar refractivity (Wildman–Crippen MR) is 278 cm³/mol. The molecule has 11 nitrogen and oxygen atoms in total. The molecule has 0 aromatic rings. The van der Waals surface area contributed by atoms with E-state index < -0.39 is 67.4 Å². The van der Waals surface area contributed by atoms with Gasteiger partial charge in [-0.3, -0.25) is 9.59 Å². The number of rotatable bonds is 46. The molecule has 1 aliphatic heterocycles. The zero-order valence-corrected chi connectivity index (χ0v) is 43.5. The fraction of sp³-hybridized carbons (Fsp3) is 0.825. The van der Waals surface area contributed by atoms with Gasteiger partial charge in [0, 0.05) is 6.42 Å². The molecule has 68 heavy (non-hydrogen) atoms. The molecule has 8 atom stereocenters. The molecule has 0 bridgehead atoms. The minimum absolute atomic E-state index is 0.109. The Morgan fingerprint density at radius 3 is 1.54 bits per heavy atom. The molecule has 0 radical (unpaired) electrons. The van der Waals surface area contributed by atoms with Gasteiger partial charge < -0.3 is 45.1 Å². The van der Waals surface area contributed by atoms with Gasteiger partial charge in [-0.05, 0) is 77.0 Å². The Kier molecular flexibility index (Phi) is 42.8. The van der Waals surface area contributed by atoms with Crippen LogP contribution in [0.4, 0.5) is 0 Å². The Balaban J connectivity index is 2.76. The van der Waals surface area contributed by atoms with Gasteiger partial charge in [-0.2, -0.15) is 0 Å². The number of allylic oxidation sites excluding steroid dienone is 7. The van der Waals surface area contributed by atoms with Crippen molar-refractivity contribution < 1.29 is 49.3 Å². The van der Waals surface area contributed by atoms with Gasteiger partial charge >= 0.3 is 5.97 Å². The van der Waals surface area contributed by atoms with Crippen LogP contribution in [0.3, 0.4) is 0 Å². The maximum absolute atomic E-state index is 13.3. The van der Waals surface area contributed by atoms with Crippen LogP contribution in [0.5, 0.6) is 0 Å². The van der Waals surface area contributed by atoms with E-state index in [1.807, 2.05) is 6.08 Å². The second-order valence-corrected chi connectivity index (χ2v) is 19.3. The molecule has 6 N–H and O–H groups in total. The average Bonchev–Trinajstić information content (AvgIpc) is 3.33. The van der Waals surface area contributed by atoms with Gasteiger partial charge in [0.05, 0.1) is 25.4 Å². The molecule has 1 fully saturated rings. The van der Waals surface area contributed by atoms with Crippen LogP contribution < -0.4 is 5.32 Å². The van der Waals surface area contributed by atoms with Crippen LogP contribution in [-0.4, -0.2) is 99.6 Å². The summed E-state index contributed by atoms with van der Waals surface area (Å²) in [4.78, 5) is 26.4. The molecule has 8 unspecified atom stereocenters. The zero-order chi connectivity index (χ0) is 49.7. The van der Waals surface area contributed by atoms with Crippen LogP contribution in [-0.2, 0) is 23.8 Å². The van der Waals surface area contributed by atoms with Crippen molar-refractivity contribution in [2.45, 2.75) is 288 Å². The number of carbonyl (C=O) groups is 2. The van der Waals surface area contributed by atoms with Gasteiger partial charge in [0.25, 0.3) is 0 Å². The van der Waals surface area contributed by atoms with Gasteiger partial charge in [0.2, 0.25) is 5.91 Å². The minimum atomic E-state index is -1.62. The third-order valence-electron chi connectivity index (χ3n) is 13.0. The lowest BCUT2D eigenvalue weighted by Gasteiger charge is -2.41. The number of ether oxygens (including phenoxy) is 3. The van der Waals surface area contributed by atoms with Crippen molar-refractivity contribution in [1.82, 2.24) is 5.32 Å². The topological polar surface area (TPSA) is 175 Å². The maximum atomic E-state index is 13.3. The van der Waals surface area contributed by atoms with Crippen molar-refractivity contribution >= 4 is 11.9 Å². The largest absolute Gasteiger partial charge is 0.454 e. The Hall–Kier alpha value is -2.38. The van der Waals surface area contributed by atoms with Crippen molar-refractivity contribution in [3.63, 3.8) is 0 Å². The van der Waals surface area contributed by atoms with Crippen molar-refractivity contribution in [1.29, 1.82) is 0 Å². The fourth-order valence-electron chi connectivity index (χ4n) is 8.46. The van der Waals surface area contributed by atoms with E-state index in [0.29, 0.717) is 12.8 Å². The summed E-state index contributed by atoms with van der Waals surface area (Å²) in [5.41, 5.74) is 0. The molecule has 1 rings (SSSR count). The highest BCUT2D eigenvalue weighted by Crippen LogP contribution is 2.26. The third kappa shape index (κ3) is 34.0. The molecule has 0 aromatic carbocycles. The first-order valence-electron chi connectivity index (χ1n) is 27.9. The van der Waals surface area contributed by atoms with Gasteiger partial charge in [0.15, 0.2) is 12.4 Å². The lowest BCUT2D eigenvalue weighted by molar-refractivity contribution is -0.305. The van der Waals surface area contributed by atoms with E-state index in [-0.39, 0.29) is 19.4 Å². The van der Waals surface area contributed by atoms with Crippen LogP contribution in [0.2, 0.25) is 0 Å². The summed E-state index contributed by atoms with van der Waals surface area (Å²) in [7, 11) is 0. The van der Waals surface area contributed by atoms with Crippen LogP contribution in [0.15, 0.2) is 48.6 Å². The van der Waals surface area contributed by atoms with Crippen LogP contribution >= 0.6 is 0 Å². The number of amides is 1. The van der Waals surface area contributed by atoms with E-state index in [2.05, 4.69) is 62.5 Å². The maximum Gasteiger partial charge on any atom is 0.306 e. The van der Waals surface area contributed by atoms with Crippen molar-refractivity contribution in [3.05, 3.63) is 48.6 Å². The standard InChI is InChI=1S/C57H103NO10/c1-4-7-10-13-16-19-22-24-25-27-30-33-36-39-42-45-52(62)68-55-54(64)53(63)51(46-59)67-57(55)66-47-48(49(60)43-40-37-34-31-28-21-18-15-12-9-6-3)58-56(65)50(61)44-41-38-35-32-29-26-23-20-17-14-11-8-5-2/h16,19,22,24,29,32,40,43,48-51,53-55,57,59-61,63-64H,4-15,17-18,20-21,23,25-28,30-31,33-39,41-42,44-47H2,1-3H3,(H,58,65)/b19-16+,24-22+,32-29-,43-40+. The first-order valence-corrected chi connectivity index (χ1v) is 27.9. The second-order valence-electron chi connectivity index (χ2n) is 19.3. The third-order valence-corrected chi connectivity index (χ3v) is 13.0. The minimum Gasteiger partial charge on any atom is -0.454 e. The van der Waals surface area contributed by atoms with Crippen LogP contribution in [0.1, 0.15) is 239 Å². The zero-order valence-electron chi connectivity index (χ0n) is 43.5. The molecule has 1 heterocycles. The quantitative estimate of drug-likeness (QED) is 0.0149. The molecular formula is C57H103NO10. The van der Waals surface area contributed by atoms with Crippen molar-refractivity contribution in [2.24, 2.45) is 0 Å². The van der Waals surface area contributed by atoms with Crippen LogP contribution in [0.25, 0.3) is 0 Å². The molecule has 0 aromatic heterocycles. The Labute approximate surface area is 415 Å². The fourth-order valence-corrected chi connectivity index (χ4v) is 8.46. The summed E-state index contributed by atoms with van der Waals surface area (Å²) in [6.45, 7) is 5.71. The molecule has 1 amide bonds. The van der Waals surface area contributed by atoms with E-state index in [9.17, 15) is 35.1 Å². The van der Waals surface area contributed by atoms with Crippen LogP contribution in [0, 0.1) is 0 Å². The summed E-state index contributed by atoms with van der Waals surface area (Å²) in [5.74, 6) is -1.22. The second kappa shape index (κ2) is 45.7. The van der Waals surface area contributed by atoms with Crippen molar-refractivity contribution in [2.75, 3.05) is 13.2 Å². The number of unbranched alkanes of at least 4 members (excludes halogenated alkanes) is 27. The van der Waals surface area contributed by atoms with Crippen molar-refractivity contribution in [3.8, 4) is 0 Å². The summed E-state index contributed by atoms with van der Waals surface area (Å²) in [5, 5.41) is 56.7. The SMILES string of the molecule is CCCCC/C=C/C=C/CCCCCCCCC(=O)OC1C(OCC(NC(=O)C(O)CCCC/C=C\CCCCCCCCC)C(O)/C=C/CCCCCCCCCCC)OC(CO)C(O)C1O. The Morgan fingerprint density at radius 2 is 1.01 bits per heavy atom. The lowest BCUT2D eigenvalue weighted by atomic mass is 9.99. The van der Waals surface area contributed by atoms with Gasteiger partial charge in [-0.1, -0.05) is 204 Å². The van der Waals surface area contributed by atoms with Gasteiger partial charge in [0.1, 0.15) is 24.4 Å².